The van der Waals surface area contributed by atoms with Crippen molar-refractivity contribution in [1.29, 1.82) is 0 Å². The first-order chi connectivity index (χ1) is 12.6. The molecule has 6 heteroatoms. The van der Waals surface area contributed by atoms with E-state index in [1.54, 1.807) is 23.5 Å². The van der Waals surface area contributed by atoms with E-state index in [2.05, 4.69) is 22.5 Å². The smallest absolute Gasteiger partial charge is 0.205 e. The summed E-state index contributed by atoms with van der Waals surface area (Å²) in [5, 5.41) is 1.13. The van der Waals surface area contributed by atoms with Gasteiger partial charge in [0.05, 0.1) is 18.1 Å². The fraction of sp³-hybridized carbons (Fsp3) is 0.350. The zero-order chi connectivity index (χ0) is 18.1. The van der Waals surface area contributed by atoms with Crippen molar-refractivity contribution in [1.82, 2.24) is 9.47 Å². The number of anilines is 1. The molecule has 0 amide bonds. The second-order valence-electron chi connectivity index (χ2n) is 6.68. The van der Waals surface area contributed by atoms with Gasteiger partial charge < -0.3 is 15.0 Å². The van der Waals surface area contributed by atoms with Crippen LogP contribution in [0.5, 0.6) is 0 Å². The molecule has 1 saturated heterocycles. The lowest BCUT2D eigenvalue weighted by molar-refractivity contribution is 0.0365. The van der Waals surface area contributed by atoms with E-state index in [-0.39, 0.29) is 5.78 Å². The van der Waals surface area contributed by atoms with Gasteiger partial charge in [-0.3, -0.25) is 9.69 Å². The largest absolute Gasteiger partial charge is 0.398 e. The first-order valence-electron chi connectivity index (χ1n) is 8.92. The van der Waals surface area contributed by atoms with Gasteiger partial charge in [0, 0.05) is 48.5 Å². The Hall–Kier alpha value is -2.15. The second-order valence-corrected chi connectivity index (χ2v) is 7.71. The molecule has 1 aliphatic rings. The molecule has 0 radical (unpaired) electrons. The Labute approximate surface area is 157 Å². The summed E-state index contributed by atoms with van der Waals surface area (Å²) in [6, 6.07) is 11.4. The van der Waals surface area contributed by atoms with E-state index < -0.39 is 0 Å². The highest BCUT2D eigenvalue weighted by atomic mass is 32.1. The summed E-state index contributed by atoms with van der Waals surface area (Å²) >= 11 is 1.56. The third-order valence-electron chi connectivity index (χ3n) is 4.95. The molecule has 136 valence electrons. The van der Waals surface area contributed by atoms with Crippen LogP contribution in [0.4, 0.5) is 5.69 Å². The Kier molecular flexibility index (Phi) is 4.80. The maximum Gasteiger partial charge on any atom is 0.205 e. The highest BCUT2D eigenvalue weighted by molar-refractivity contribution is 7.20. The summed E-state index contributed by atoms with van der Waals surface area (Å²) < 4.78 is 7.74. The predicted molar refractivity (Wildman–Crippen MR) is 106 cm³/mol. The zero-order valence-corrected chi connectivity index (χ0v) is 15.7. The zero-order valence-electron chi connectivity index (χ0n) is 14.9. The molecule has 26 heavy (non-hydrogen) atoms. The molecule has 0 atom stereocenters. The number of benzene rings is 1. The lowest BCUT2D eigenvalue weighted by Gasteiger charge is -2.26. The van der Waals surface area contributed by atoms with Crippen molar-refractivity contribution >= 4 is 33.0 Å². The lowest BCUT2D eigenvalue weighted by Crippen LogP contribution is -2.38. The number of nitrogen functional groups attached to an aromatic ring is 1. The Morgan fingerprint density at radius 1 is 1.19 bits per heavy atom. The summed E-state index contributed by atoms with van der Waals surface area (Å²) in [5.74, 6) is 0.00156. The van der Waals surface area contributed by atoms with Gasteiger partial charge in [0.15, 0.2) is 0 Å². The molecule has 0 unspecified atom stereocenters. The number of hydrogen-bond donors (Lipinski definition) is 1. The number of carbonyl (C=O) groups is 1. The summed E-state index contributed by atoms with van der Waals surface area (Å²) in [6.45, 7) is 7.67. The van der Waals surface area contributed by atoms with Crippen LogP contribution in [-0.4, -0.2) is 48.1 Å². The molecule has 0 bridgehead atoms. The van der Waals surface area contributed by atoms with Crippen LogP contribution in [-0.2, 0) is 11.3 Å². The maximum absolute atomic E-state index is 12.8. The van der Waals surface area contributed by atoms with E-state index in [1.165, 1.54) is 5.69 Å². The van der Waals surface area contributed by atoms with E-state index in [9.17, 15) is 4.79 Å². The van der Waals surface area contributed by atoms with Gasteiger partial charge in [0.25, 0.3) is 0 Å². The molecule has 5 nitrogen and oxygen atoms in total. The average molecular weight is 369 g/mol. The molecule has 0 spiro atoms. The van der Waals surface area contributed by atoms with Crippen molar-refractivity contribution in [3.05, 3.63) is 52.5 Å². The molecular formula is C20H23N3O2S. The number of thiophene rings is 1. The number of nitrogens with two attached hydrogens (primary N) is 1. The molecule has 1 fully saturated rings. The van der Waals surface area contributed by atoms with E-state index in [0.717, 1.165) is 54.5 Å². The second kappa shape index (κ2) is 7.23. The van der Waals surface area contributed by atoms with Gasteiger partial charge in [0.2, 0.25) is 5.78 Å². The molecular weight excluding hydrogens is 346 g/mol. The van der Waals surface area contributed by atoms with Gasteiger partial charge in [-0.15, -0.1) is 11.3 Å². The minimum atomic E-state index is 0.00156. The molecule has 0 aliphatic carbocycles. The number of para-hydroxylation sites is 1. The number of aryl methyl sites for hydroxylation is 1. The van der Waals surface area contributed by atoms with Crippen molar-refractivity contribution in [2.45, 2.75) is 13.5 Å². The van der Waals surface area contributed by atoms with Crippen molar-refractivity contribution in [3.63, 3.8) is 0 Å². The van der Waals surface area contributed by atoms with Crippen LogP contribution < -0.4 is 5.73 Å². The van der Waals surface area contributed by atoms with Crippen LogP contribution in [0.2, 0.25) is 0 Å². The van der Waals surface area contributed by atoms with Crippen LogP contribution in [0.1, 0.15) is 20.9 Å². The maximum atomic E-state index is 12.8. The molecule has 0 saturated carbocycles. The predicted octanol–water partition coefficient (Wildman–Crippen LogP) is 3.16. The van der Waals surface area contributed by atoms with Crippen molar-refractivity contribution in [2.75, 3.05) is 38.6 Å². The van der Waals surface area contributed by atoms with Crippen LogP contribution >= 0.6 is 11.3 Å². The number of morpholine rings is 1. The summed E-state index contributed by atoms with van der Waals surface area (Å²) in [4.78, 5) is 17.2. The molecule has 3 aromatic rings. The van der Waals surface area contributed by atoms with Gasteiger partial charge >= 0.3 is 0 Å². The number of carbonyl (C=O) groups excluding carboxylic acids is 1. The molecule has 3 heterocycles. The number of hydrogen-bond acceptors (Lipinski definition) is 5. The highest BCUT2D eigenvalue weighted by Gasteiger charge is 2.18. The standard InChI is InChI=1S/C20H23N3O2S/c1-14-12-15-13-18(19(24)16-4-2-3-5-17(16)21)26-20(15)23(14)7-6-22-8-10-25-11-9-22/h2-5,12-13H,6-11,21H2,1H3. The summed E-state index contributed by atoms with van der Waals surface area (Å²) in [6.07, 6.45) is 0. The van der Waals surface area contributed by atoms with Crippen LogP contribution in [0.3, 0.4) is 0 Å². The van der Waals surface area contributed by atoms with Gasteiger partial charge in [-0.2, -0.15) is 0 Å². The Bertz CT molecular complexity index is 938. The third kappa shape index (κ3) is 3.28. The van der Waals surface area contributed by atoms with Crippen molar-refractivity contribution in [2.24, 2.45) is 0 Å². The fourth-order valence-electron chi connectivity index (χ4n) is 3.47. The van der Waals surface area contributed by atoms with Crippen LogP contribution in [0, 0.1) is 6.92 Å². The average Bonchev–Trinajstić information content (AvgIpc) is 3.18. The minimum absolute atomic E-state index is 0.00156. The normalized spacial score (nSPS) is 15.6. The van der Waals surface area contributed by atoms with Gasteiger partial charge in [-0.05, 0) is 31.2 Å². The van der Waals surface area contributed by atoms with Crippen LogP contribution in [0.25, 0.3) is 10.2 Å². The number of nitrogens with zero attached hydrogens (tertiary/aromatic N) is 2. The van der Waals surface area contributed by atoms with E-state index in [1.807, 2.05) is 18.2 Å². The summed E-state index contributed by atoms with van der Waals surface area (Å²) in [5.41, 5.74) is 8.32. The number of rotatable bonds is 5. The van der Waals surface area contributed by atoms with E-state index in [4.69, 9.17) is 10.5 Å². The number of ether oxygens (including phenoxy) is 1. The molecule has 2 N–H and O–H groups in total. The lowest BCUT2D eigenvalue weighted by atomic mass is 10.1. The topological polar surface area (TPSA) is 60.5 Å². The SMILES string of the molecule is Cc1cc2cc(C(=O)c3ccccc3N)sc2n1CCN1CCOCC1. The van der Waals surface area contributed by atoms with Gasteiger partial charge in [-0.25, -0.2) is 0 Å². The van der Waals surface area contributed by atoms with Crippen molar-refractivity contribution in [3.8, 4) is 0 Å². The molecule has 1 aromatic carbocycles. The fourth-order valence-corrected chi connectivity index (χ4v) is 4.64. The first-order valence-corrected chi connectivity index (χ1v) is 9.74. The third-order valence-corrected chi connectivity index (χ3v) is 6.12. The van der Waals surface area contributed by atoms with Crippen LogP contribution in [0.15, 0.2) is 36.4 Å². The Morgan fingerprint density at radius 2 is 1.96 bits per heavy atom. The molecule has 4 rings (SSSR count). The minimum Gasteiger partial charge on any atom is -0.398 e. The Morgan fingerprint density at radius 3 is 2.73 bits per heavy atom. The van der Waals surface area contributed by atoms with E-state index in [0.29, 0.717) is 11.3 Å². The number of fused-ring (bicyclic) bond motifs is 1. The number of aromatic nitrogens is 1. The molecule has 2 aromatic heterocycles. The van der Waals surface area contributed by atoms with E-state index >= 15 is 0 Å². The van der Waals surface area contributed by atoms with Gasteiger partial charge in [0.1, 0.15) is 4.83 Å². The van der Waals surface area contributed by atoms with Gasteiger partial charge in [-0.1, -0.05) is 12.1 Å². The Balaban J connectivity index is 1.58. The number of ketones is 1. The monoisotopic (exact) mass is 369 g/mol. The molecule has 1 aliphatic heterocycles. The quantitative estimate of drug-likeness (QED) is 0.554. The first kappa shape index (κ1) is 17.3. The highest BCUT2D eigenvalue weighted by Crippen LogP contribution is 2.31. The van der Waals surface area contributed by atoms with Crippen molar-refractivity contribution < 1.29 is 9.53 Å². The summed E-state index contributed by atoms with van der Waals surface area (Å²) in [7, 11) is 0.